The van der Waals surface area contributed by atoms with Crippen molar-refractivity contribution in [1.29, 1.82) is 0 Å². The van der Waals surface area contributed by atoms with E-state index in [1.54, 1.807) is 0 Å². The van der Waals surface area contributed by atoms with Gasteiger partial charge in [-0.05, 0) is 41.0 Å². The molecule has 1 heterocycles. The third-order valence-corrected chi connectivity index (χ3v) is 8.18. The van der Waals surface area contributed by atoms with Crippen LogP contribution in [0.1, 0.15) is 42.0 Å². The maximum atomic E-state index is 6.94. The van der Waals surface area contributed by atoms with Crippen molar-refractivity contribution in [2.24, 2.45) is 5.92 Å². The lowest BCUT2D eigenvalue weighted by Gasteiger charge is -2.47. The summed E-state index contributed by atoms with van der Waals surface area (Å²) in [5, 5.41) is 0. The average molecular weight is 607 g/mol. The first-order chi connectivity index (χ1) is 22.2. The molecule has 0 amide bonds. The van der Waals surface area contributed by atoms with Crippen LogP contribution in [-0.2, 0) is 50.1 Å². The maximum Gasteiger partial charge on any atom is 0.115 e. The van der Waals surface area contributed by atoms with Crippen LogP contribution < -0.4 is 0 Å². The molecule has 5 heteroatoms. The fourth-order valence-corrected chi connectivity index (χ4v) is 5.85. The first-order valence-electron chi connectivity index (χ1n) is 16.0. The molecule has 4 aromatic carbocycles. The van der Waals surface area contributed by atoms with E-state index in [1.165, 1.54) is 0 Å². The minimum Gasteiger partial charge on any atom is -0.374 e. The van der Waals surface area contributed by atoms with Gasteiger partial charge in [-0.2, -0.15) is 0 Å². The van der Waals surface area contributed by atoms with Crippen LogP contribution in [0.5, 0.6) is 0 Å². The molecular weight excluding hydrogens is 560 g/mol. The molecule has 0 radical (unpaired) electrons. The molecule has 0 bridgehead atoms. The third-order valence-electron chi connectivity index (χ3n) is 8.18. The molecule has 5 rings (SSSR count). The van der Waals surface area contributed by atoms with E-state index in [1.807, 2.05) is 78.9 Å². The highest BCUT2D eigenvalue weighted by molar-refractivity contribution is 5.16. The predicted octanol–water partition coefficient (Wildman–Crippen LogP) is 8.33. The molecule has 0 aliphatic carbocycles. The van der Waals surface area contributed by atoms with E-state index < -0.39 is 12.2 Å². The molecule has 5 nitrogen and oxygen atoms in total. The van der Waals surface area contributed by atoms with Gasteiger partial charge in [0.2, 0.25) is 0 Å². The fraction of sp³-hybridized carbons (Fsp3) is 0.350. The monoisotopic (exact) mass is 606 g/mol. The molecule has 0 N–H and O–H groups in total. The normalized spacial score (nSPS) is 22.1. The molecule has 45 heavy (non-hydrogen) atoms. The molecule has 0 unspecified atom stereocenters. The Balaban J connectivity index is 1.44. The SMILES string of the molecule is C=CC[C@@H](C)C[C@@H]1O[C@H](COCc2ccccc2)[C@H](OCc2ccccc2)[C@H](OCc2ccccc2)[C@H]1OCc1ccccc1. The Morgan fingerprint density at radius 3 is 1.42 bits per heavy atom. The number of ether oxygens (including phenoxy) is 5. The van der Waals surface area contributed by atoms with E-state index >= 15 is 0 Å². The van der Waals surface area contributed by atoms with Crippen molar-refractivity contribution < 1.29 is 23.7 Å². The van der Waals surface area contributed by atoms with Crippen LogP contribution in [0.3, 0.4) is 0 Å². The Bertz CT molecular complexity index is 1370. The second-order valence-corrected chi connectivity index (χ2v) is 11.9. The standard InChI is InChI=1S/C40H46O5/c1-3-16-31(2)25-36-38(42-27-33-19-10-5-11-20-33)40(44-29-35-23-14-7-15-24-35)39(43-28-34-21-12-6-13-22-34)37(45-36)30-41-26-32-17-8-4-9-18-32/h3-15,17-24,31,36-40H,1,16,25-30H2,2H3/t31-,36+,37-,38+,39+,40-/m1/s1. The Morgan fingerprint density at radius 1 is 0.578 bits per heavy atom. The quantitative estimate of drug-likeness (QED) is 0.113. The van der Waals surface area contributed by atoms with Gasteiger partial charge in [-0.25, -0.2) is 0 Å². The number of hydrogen-bond donors (Lipinski definition) is 0. The lowest BCUT2D eigenvalue weighted by molar-refractivity contribution is -0.275. The first-order valence-corrected chi connectivity index (χ1v) is 16.0. The summed E-state index contributed by atoms with van der Waals surface area (Å²) in [7, 11) is 0. The van der Waals surface area contributed by atoms with Crippen LogP contribution in [0.4, 0.5) is 0 Å². The highest BCUT2D eigenvalue weighted by Crippen LogP contribution is 2.34. The second-order valence-electron chi connectivity index (χ2n) is 11.9. The van der Waals surface area contributed by atoms with Crippen LogP contribution in [-0.4, -0.2) is 37.1 Å². The highest BCUT2D eigenvalue weighted by Gasteiger charge is 2.48. The van der Waals surface area contributed by atoms with Gasteiger partial charge in [0.1, 0.15) is 24.4 Å². The molecule has 236 valence electrons. The number of hydrogen-bond acceptors (Lipinski definition) is 5. The van der Waals surface area contributed by atoms with E-state index in [9.17, 15) is 0 Å². The first kappa shape index (κ1) is 32.8. The highest BCUT2D eigenvalue weighted by atomic mass is 16.6. The summed E-state index contributed by atoms with van der Waals surface area (Å²) in [5.41, 5.74) is 4.41. The average Bonchev–Trinajstić information content (AvgIpc) is 3.08. The maximum absolute atomic E-state index is 6.94. The van der Waals surface area contributed by atoms with Gasteiger partial charge in [-0.3, -0.25) is 0 Å². The van der Waals surface area contributed by atoms with E-state index in [4.69, 9.17) is 23.7 Å². The minimum atomic E-state index is -0.420. The van der Waals surface area contributed by atoms with Gasteiger partial charge < -0.3 is 23.7 Å². The Labute approximate surface area is 268 Å². The molecule has 6 atom stereocenters. The second kappa shape index (κ2) is 17.8. The lowest BCUT2D eigenvalue weighted by atomic mass is 9.88. The summed E-state index contributed by atoms with van der Waals surface area (Å²) in [5.74, 6) is 0.359. The number of allylic oxidation sites excluding steroid dienone is 1. The zero-order valence-electron chi connectivity index (χ0n) is 26.3. The molecule has 0 spiro atoms. The number of benzene rings is 4. The van der Waals surface area contributed by atoms with Crippen molar-refractivity contribution >= 4 is 0 Å². The van der Waals surface area contributed by atoms with Crippen LogP contribution in [0.15, 0.2) is 134 Å². The summed E-state index contributed by atoms with van der Waals surface area (Å²) in [6.45, 7) is 8.40. The van der Waals surface area contributed by atoms with Crippen LogP contribution in [0.2, 0.25) is 0 Å². The van der Waals surface area contributed by atoms with Gasteiger partial charge in [0, 0.05) is 0 Å². The Kier molecular flexibility index (Phi) is 13.0. The summed E-state index contributed by atoms with van der Waals surface area (Å²) in [6, 6.07) is 41.0. The predicted molar refractivity (Wildman–Crippen MR) is 178 cm³/mol. The van der Waals surface area contributed by atoms with Crippen LogP contribution in [0.25, 0.3) is 0 Å². The zero-order chi connectivity index (χ0) is 31.1. The molecule has 1 aliphatic heterocycles. The van der Waals surface area contributed by atoms with Crippen molar-refractivity contribution in [3.8, 4) is 0 Å². The van der Waals surface area contributed by atoms with Gasteiger partial charge in [0.25, 0.3) is 0 Å². The molecule has 0 aromatic heterocycles. The van der Waals surface area contributed by atoms with E-state index in [0.717, 1.165) is 35.1 Å². The molecule has 1 fully saturated rings. The van der Waals surface area contributed by atoms with Gasteiger partial charge in [-0.15, -0.1) is 6.58 Å². The lowest BCUT2D eigenvalue weighted by Crippen LogP contribution is -2.61. The molecule has 4 aromatic rings. The van der Waals surface area contributed by atoms with Gasteiger partial charge >= 0.3 is 0 Å². The van der Waals surface area contributed by atoms with E-state index in [0.29, 0.717) is 39.0 Å². The van der Waals surface area contributed by atoms with Crippen molar-refractivity contribution in [3.63, 3.8) is 0 Å². The van der Waals surface area contributed by atoms with E-state index in [2.05, 4.69) is 62.0 Å². The van der Waals surface area contributed by atoms with Gasteiger partial charge in [-0.1, -0.05) is 134 Å². The molecule has 1 saturated heterocycles. The van der Waals surface area contributed by atoms with Crippen LogP contribution >= 0.6 is 0 Å². The van der Waals surface area contributed by atoms with Crippen molar-refractivity contribution in [2.75, 3.05) is 6.61 Å². The fourth-order valence-electron chi connectivity index (χ4n) is 5.85. The van der Waals surface area contributed by atoms with Crippen molar-refractivity contribution in [2.45, 2.75) is 76.7 Å². The molecule has 1 aliphatic rings. The summed E-state index contributed by atoms with van der Waals surface area (Å²) in [4.78, 5) is 0. The van der Waals surface area contributed by atoms with Crippen molar-refractivity contribution in [3.05, 3.63) is 156 Å². The minimum absolute atomic E-state index is 0.216. The van der Waals surface area contributed by atoms with E-state index in [-0.39, 0.29) is 18.3 Å². The van der Waals surface area contributed by atoms with Gasteiger partial charge in [0.15, 0.2) is 0 Å². The summed E-state index contributed by atoms with van der Waals surface area (Å²) in [6.07, 6.45) is 1.94. The van der Waals surface area contributed by atoms with Crippen LogP contribution in [0, 0.1) is 5.92 Å². The Morgan fingerprint density at radius 2 is 0.978 bits per heavy atom. The molecular formula is C40H46O5. The van der Waals surface area contributed by atoms with Gasteiger partial charge in [0.05, 0.1) is 39.1 Å². The third kappa shape index (κ3) is 10.2. The summed E-state index contributed by atoms with van der Waals surface area (Å²) < 4.78 is 33.6. The van der Waals surface area contributed by atoms with Crippen molar-refractivity contribution in [1.82, 2.24) is 0 Å². The topological polar surface area (TPSA) is 46.2 Å². The Hall–Kier alpha value is -3.58. The summed E-state index contributed by atoms with van der Waals surface area (Å²) >= 11 is 0. The smallest absolute Gasteiger partial charge is 0.115 e. The zero-order valence-corrected chi connectivity index (χ0v) is 26.3. The number of rotatable bonds is 17. The molecule has 0 saturated carbocycles. The largest absolute Gasteiger partial charge is 0.374 e.